The number of carbonyl (C=O) groups is 1. The Morgan fingerprint density at radius 1 is 1.15 bits per heavy atom. The maximum atomic E-state index is 12.3. The number of methoxy groups -OCH3 is 2. The van der Waals surface area contributed by atoms with E-state index in [1.807, 2.05) is 0 Å². The Balaban J connectivity index is 1.71. The van der Waals surface area contributed by atoms with Crippen molar-refractivity contribution in [3.8, 4) is 11.5 Å². The van der Waals surface area contributed by atoms with E-state index < -0.39 is 0 Å². The molecule has 108 valence electrons. The van der Waals surface area contributed by atoms with Gasteiger partial charge >= 0.3 is 0 Å². The molecule has 1 aromatic carbocycles. The number of hydrogen-bond donors (Lipinski definition) is 1. The molecule has 1 N–H and O–H groups in total. The highest BCUT2D eigenvalue weighted by atomic mass is 16.5. The first kappa shape index (κ1) is 13.3. The van der Waals surface area contributed by atoms with Gasteiger partial charge in [0.15, 0.2) is 11.5 Å². The molecule has 3 rings (SSSR count). The normalized spacial score (nSPS) is 27.4. The van der Waals surface area contributed by atoms with Gasteiger partial charge in [-0.1, -0.05) is 6.42 Å². The summed E-state index contributed by atoms with van der Waals surface area (Å²) >= 11 is 0. The molecule has 0 spiro atoms. The standard InChI is InChI=1S/C16H21NO3/c1-19-14-6-5-12(9-15(14)20-2)16(18)17-13-8-10-3-4-11(13)7-10/h5-6,9-11,13H,3-4,7-8H2,1-2H3,(H,17,18)/t10-,11+,13+/m1/s1. The lowest BCUT2D eigenvalue weighted by Gasteiger charge is -2.23. The van der Waals surface area contributed by atoms with Crippen LogP contribution in [0.15, 0.2) is 18.2 Å². The summed E-state index contributed by atoms with van der Waals surface area (Å²) in [5.41, 5.74) is 0.630. The van der Waals surface area contributed by atoms with Gasteiger partial charge in [-0.15, -0.1) is 0 Å². The molecule has 2 saturated carbocycles. The van der Waals surface area contributed by atoms with Crippen molar-refractivity contribution in [3.63, 3.8) is 0 Å². The van der Waals surface area contributed by atoms with E-state index in [4.69, 9.17) is 9.47 Å². The van der Waals surface area contributed by atoms with Crippen molar-refractivity contribution in [2.45, 2.75) is 31.7 Å². The Morgan fingerprint density at radius 2 is 1.95 bits per heavy atom. The van der Waals surface area contributed by atoms with Crippen LogP contribution in [0, 0.1) is 11.8 Å². The summed E-state index contributed by atoms with van der Waals surface area (Å²) in [5.74, 6) is 2.74. The predicted octanol–water partition coefficient (Wildman–Crippen LogP) is 2.62. The molecule has 2 aliphatic rings. The lowest BCUT2D eigenvalue weighted by Crippen LogP contribution is -2.38. The van der Waals surface area contributed by atoms with E-state index in [0.29, 0.717) is 29.0 Å². The van der Waals surface area contributed by atoms with Gasteiger partial charge < -0.3 is 14.8 Å². The number of carbonyl (C=O) groups excluding carboxylic acids is 1. The fourth-order valence-corrected chi connectivity index (χ4v) is 3.65. The third kappa shape index (κ3) is 2.35. The Morgan fingerprint density at radius 3 is 2.55 bits per heavy atom. The van der Waals surface area contributed by atoms with Gasteiger partial charge in [0.25, 0.3) is 5.91 Å². The summed E-state index contributed by atoms with van der Waals surface area (Å²) in [4.78, 5) is 12.3. The Kier molecular flexibility index (Phi) is 3.55. The molecule has 4 nitrogen and oxygen atoms in total. The molecule has 4 heteroatoms. The lowest BCUT2D eigenvalue weighted by molar-refractivity contribution is 0.0922. The highest BCUT2D eigenvalue weighted by Gasteiger charge is 2.40. The molecule has 0 heterocycles. The van der Waals surface area contributed by atoms with Crippen molar-refractivity contribution < 1.29 is 14.3 Å². The largest absolute Gasteiger partial charge is 0.493 e. The van der Waals surface area contributed by atoms with E-state index in [2.05, 4.69) is 5.32 Å². The Labute approximate surface area is 119 Å². The van der Waals surface area contributed by atoms with Crippen molar-refractivity contribution in [1.29, 1.82) is 0 Å². The molecule has 1 aromatic rings. The molecule has 0 aliphatic heterocycles. The number of rotatable bonds is 4. The number of fused-ring (bicyclic) bond motifs is 2. The van der Waals surface area contributed by atoms with Crippen LogP contribution in [0.5, 0.6) is 11.5 Å². The topological polar surface area (TPSA) is 47.6 Å². The van der Waals surface area contributed by atoms with Gasteiger partial charge in [-0.05, 0) is 49.3 Å². The summed E-state index contributed by atoms with van der Waals surface area (Å²) in [7, 11) is 3.17. The molecule has 0 unspecified atom stereocenters. The van der Waals surface area contributed by atoms with Gasteiger partial charge in [0.1, 0.15) is 0 Å². The summed E-state index contributed by atoms with van der Waals surface area (Å²) in [6.45, 7) is 0. The summed E-state index contributed by atoms with van der Waals surface area (Å²) in [6.07, 6.45) is 5.04. The molecular formula is C16H21NO3. The second-order valence-electron chi connectivity index (χ2n) is 5.82. The van der Waals surface area contributed by atoms with Crippen LogP contribution < -0.4 is 14.8 Å². The van der Waals surface area contributed by atoms with Crippen molar-refractivity contribution in [1.82, 2.24) is 5.32 Å². The quantitative estimate of drug-likeness (QED) is 0.919. The van der Waals surface area contributed by atoms with Crippen LogP contribution in [-0.4, -0.2) is 26.2 Å². The third-order valence-corrected chi connectivity index (χ3v) is 4.70. The zero-order chi connectivity index (χ0) is 14.1. The fourth-order valence-electron chi connectivity index (χ4n) is 3.65. The molecule has 2 fully saturated rings. The molecule has 2 aliphatic carbocycles. The van der Waals surface area contributed by atoms with Crippen LogP contribution in [0.25, 0.3) is 0 Å². The monoisotopic (exact) mass is 275 g/mol. The second-order valence-corrected chi connectivity index (χ2v) is 5.82. The summed E-state index contributed by atoms with van der Waals surface area (Å²) in [6, 6.07) is 5.65. The predicted molar refractivity (Wildman–Crippen MR) is 76.2 cm³/mol. The number of ether oxygens (including phenoxy) is 2. The molecule has 2 bridgehead atoms. The van der Waals surface area contributed by atoms with Crippen LogP contribution in [0.3, 0.4) is 0 Å². The molecule has 0 saturated heterocycles. The highest BCUT2D eigenvalue weighted by molar-refractivity contribution is 5.95. The number of amides is 1. The molecule has 0 radical (unpaired) electrons. The van der Waals surface area contributed by atoms with Gasteiger partial charge in [0.2, 0.25) is 0 Å². The van der Waals surface area contributed by atoms with Gasteiger partial charge in [-0.2, -0.15) is 0 Å². The highest BCUT2D eigenvalue weighted by Crippen LogP contribution is 2.44. The van der Waals surface area contributed by atoms with Crippen molar-refractivity contribution in [2.75, 3.05) is 14.2 Å². The van der Waals surface area contributed by atoms with Crippen molar-refractivity contribution in [2.24, 2.45) is 11.8 Å². The first-order chi connectivity index (χ1) is 9.71. The lowest BCUT2D eigenvalue weighted by atomic mass is 9.95. The minimum atomic E-state index is -0.0106. The molecule has 3 atom stereocenters. The van der Waals surface area contributed by atoms with E-state index >= 15 is 0 Å². The molecule has 1 amide bonds. The SMILES string of the molecule is COc1ccc(C(=O)N[C@H]2C[C@@H]3CC[C@H]2C3)cc1OC. The molecule has 0 aromatic heterocycles. The van der Waals surface area contributed by atoms with Crippen molar-refractivity contribution in [3.05, 3.63) is 23.8 Å². The van der Waals surface area contributed by atoms with E-state index in [9.17, 15) is 4.79 Å². The van der Waals surface area contributed by atoms with Crippen LogP contribution in [0.1, 0.15) is 36.0 Å². The minimum absolute atomic E-state index is 0.0106. The van der Waals surface area contributed by atoms with E-state index in [1.54, 1.807) is 32.4 Å². The van der Waals surface area contributed by atoms with Gasteiger partial charge in [0.05, 0.1) is 14.2 Å². The van der Waals surface area contributed by atoms with E-state index in [-0.39, 0.29) is 5.91 Å². The fraction of sp³-hybridized carbons (Fsp3) is 0.562. The smallest absolute Gasteiger partial charge is 0.251 e. The second kappa shape index (κ2) is 5.35. The summed E-state index contributed by atoms with van der Waals surface area (Å²) < 4.78 is 10.4. The number of benzene rings is 1. The van der Waals surface area contributed by atoms with E-state index in [1.165, 1.54) is 19.3 Å². The molecule has 20 heavy (non-hydrogen) atoms. The average Bonchev–Trinajstić information content (AvgIpc) is 3.09. The van der Waals surface area contributed by atoms with Gasteiger partial charge in [0, 0.05) is 11.6 Å². The first-order valence-corrected chi connectivity index (χ1v) is 7.24. The Hall–Kier alpha value is -1.71. The van der Waals surface area contributed by atoms with Crippen LogP contribution >= 0.6 is 0 Å². The maximum absolute atomic E-state index is 12.3. The number of hydrogen-bond acceptors (Lipinski definition) is 3. The van der Waals surface area contributed by atoms with Gasteiger partial charge in [-0.25, -0.2) is 0 Å². The van der Waals surface area contributed by atoms with Crippen LogP contribution in [0.2, 0.25) is 0 Å². The number of nitrogens with one attached hydrogen (secondary N) is 1. The maximum Gasteiger partial charge on any atom is 0.251 e. The van der Waals surface area contributed by atoms with Crippen LogP contribution in [-0.2, 0) is 0 Å². The average molecular weight is 275 g/mol. The minimum Gasteiger partial charge on any atom is -0.493 e. The first-order valence-electron chi connectivity index (χ1n) is 7.24. The van der Waals surface area contributed by atoms with Gasteiger partial charge in [-0.3, -0.25) is 4.79 Å². The third-order valence-electron chi connectivity index (χ3n) is 4.70. The van der Waals surface area contributed by atoms with Crippen molar-refractivity contribution >= 4 is 5.91 Å². The summed E-state index contributed by atoms with van der Waals surface area (Å²) in [5, 5.41) is 3.18. The zero-order valence-electron chi connectivity index (χ0n) is 12.0. The zero-order valence-corrected chi connectivity index (χ0v) is 12.0. The Bertz CT molecular complexity index is 514. The van der Waals surface area contributed by atoms with Crippen LogP contribution in [0.4, 0.5) is 0 Å². The van der Waals surface area contributed by atoms with E-state index in [0.717, 1.165) is 12.3 Å². The molecular weight excluding hydrogens is 254 g/mol.